The van der Waals surface area contributed by atoms with Crippen LogP contribution in [0.4, 0.5) is 0 Å². The van der Waals surface area contributed by atoms with Gasteiger partial charge in [0.2, 0.25) is 0 Å². The average molecular weight is 248 g/mol. The van der Waals surface area contributed by atoms with E-state index in [9.17, 15) is 14.7 Å². The summed E-state index contributed by atoms with van der Waals surface area (Å²) in [6.45, 7) is 2.01. The van der Waals surface area contributed by atoms with Gasteiger partial charge in [-0.25, -0.2) is 0 Å². The maximum Gasteiger partial charge on any atom is 0.310 e. The van der Waals surface area contributed by atoms with Gasteiger partial charge in [0.05, 0.1) is 18.4 Å². The lowest BCUT2D eigenvalue weighted by Gasteiger charge is -2.28. The monoisotopic (exact) mass is 248 g/mol. The lowest BCUT2D eigenvalue weighted by molar-refractivity contribution is -0.157. The van der Waals surface area contributed by atoms with Crippen molar-refractivity contribution < 1.29 is 19.4 Å². The summed E-state index contributed by atoms with van der Waals surface area (Å²) in [5, 5.41) is 9.24. The Kier molecular flexibility index (Phi) is 3.65. The van der Waals surface area contributed by atoms with Crippen LogP contribution < -0.4 is 0 Å². The number of carboxylic acids is 1. The van der Waals surface area contributed by atoms with Crippen LogP contribution in [0.5, 0.6) is 0 Å². The number of carbonyl (C=O) groups excluding carboxylic acids is 1. The van der Waals surface area contributed by atoms with Crippen molar-refractivity contribution in [3.8, 4) is 0 Å². The molecule has 1 aromatic rings. The molecular formula is C14H16O4. The number of fused-ring (bicyclic) bond motifs is 1. The van der Waals surface area contributed by atoms with Gasteiger partial charge in [0.1, 0.15) is 0 Å². The summed E-state index contributed by atoms with van der Waals surface area (Å²) in [5.74, 6) is -2.58. The Bertz CT molecular complexity index is 467. The van der Waals surface area contributed by atoms with Crippen molar-refractivity contribution >= 4 is 11.9 Å². The number of carbonyl (C=O) groups is 2. The van der Waals surface area contributed by atoms with Gasteiger partial charge in [0, 0.05) is 0 Å². The standard InChI is InChI=1S/C14H16O4/c1-2-18-14(17)12-8-10-6-4-3-5-9(10)7-11(12)13(15)16/h3-6,11-12H,2,7-8H2,1H3,(H,15,16). The summed E-state index contributed by atoms with van der Waals surface area (Å²) in [6.07, 6.45) is 0.848. The topological polar surface area (TPSA) is 63.6 Å². The lowest BCUT2D eigenvalue weighted by Crippen LogP contribution is -2.37. The van der Waals surface area contributed by atoms with E-state index in [0.717, 1.165) is 11.1 Å². The molecule has 1 N–H and O–H groups in total. The van der Waals surface area contributed by atoms with E-state index in [-0.39, 0.29) is 6.61 Å². The molecule has 1 aliphatic carbocycles. The first-order chi connectivity index (χ1) is 8.63. The minimum Gasteiger partial charge on any atom is -0.481 e. The van der Waals surface area contributed by atoms with E-state index < -0.39 is 23.8 Å². The number of aliphatic carboxylic acids is 1. The summed E-state index contributed by atoms with van der Waals surface area (Å²) >= 11 is 0. The minimum atomic E-state index is -0.928. The summed E-state index contributed by atoms with van der Waals surface area (Å²) in [5.41, 5.74) is 2.07. The van der Waals surface area contributed by atoms with Gasteiger partial charge in [-0.1, -0.05) is 24.3 Å². The van der Waals surface area contributed by atoms with Crippen molar-refractivity contribution in [3.63, 3.8) is 0 Å². The Morgan fingerprint density at radius 3 is 2.28 bits per heavy atom. The van der Waals surface area contributed by atoms with E-state index in [4.69, 9.17) is 4.74 Å². The van der Waals surface area contributed by atoms with Crippen molar-refractivity contribution in [2.24, 2.45) is 11.8 Å². The second-order valence-corrected chi connectivity index (χ2v) is 4.48. The molecular weight excluding hydrogens is 232 g/mol. The molecule has 0 heterocycles. The Labute approximate surface area is 106 Å². The highest BCUT2D eigenvalue weighted by molar-refractivity contribution is 5.82. The summed E-state index contributed by atoms with van der Waals surface area (Å²) in [7, 11) is 0. The van der Waals surface area contributed by atoms with Gasteiger partial charge in [-0.15, -0.1) is 0 Å². The van der Waals surface area contributed by atoms with E-state index in [2.05, 4.69) is 0 Å². The molecule has 4 heteroatoms. The lowest BCUT2D eigenvalue weighted by atomic mass is 9.76. The Balaban J connectivity index is 2.28. The molecule has 0 radical (unpaired) electrons. The second kappa shape index (κ2) is 5.21. The van der Waals surface area contributed by atoms with E-state index in [1.165, 1.54) is 0 Å². The predicted molar refractivity (Wildman–Crippen MR) is 65.1 cm³/mol. The van der Waals surface area contributed by atoms with Crippen LogP contribution in [0.2, 0.25) is 0 Å². The third-order valence-corrected chi connectivity index (χ3v) is 3.39. The predicted octanol–water partition coefficient (Wildman–Crippen LogP) is 1.67. The van der Waals surface area contributed by atoms with Crippen LogP contribution in [-0.4, -0.2) is 23.7 Å². The van der Waals surface area contributed by atoms with Crippen LogP contribution in [0.15, 0.2) is 24.3 Å². The molecule has 0 amide bonds. The van der Waals surface area contributed by atoms with Crippen molar-refractivity contribution in [3.05, 3.63) is 35.4 Å². The van der Waals surface area contributed by atoms with Crippen molar-refractivity contribution in [1.29, 1.82) is 0 Å². The Morgan fingerprint density at radius 2 is 1.78 bits per heavy atom. The molecule has 1 aromatic carbocycles. The number of esters is 1. The molecule has 1 aliphatic rings. The van der Waals surface area contributed by atoms with Crippen LogP contribution in [0.3, 0.4) is 0 Å². The molecule has 0 bridgehead atoms. The van der Waals surface area contributed by atoms with E-state index in [0.29, 0.717) is 12.8 Å². The highest BCUT2D eigenvalue weighted by Crippen LogP contribution is 2.31. The van der Waals surface area contributed by atoms with Gasteiger partial charge >= 0.3 is 11.9 Å². The van der Waals surface area contributed by atoms with E-state index >= 15 is 0 Å². The Hall–Kier alpha value is -1.84. The van der Waals surface area contributed by atoms with E-state index in [1.54, 1.807) is 6.92 Å². The maximum atomic E-state index is 11.8. The van der Waals surface area contributed by atoms with Crippen LogP contribution in [0.25, 0.3) is 0 Å². The molecule has 4 nitrogen and oxygen atoms in total. The maximum absolute atomic E-state index is 11.8. The zero-order chi connectivity index (χ0) is 13.1. The van der Waals surface area contributed by atoms with Crippen LogP contribution in [0, 0.1) is 11.8 Å². The second-order valence-electron chi connectivity index (χ2n) is 4.48. The fourth-order valence-electron chi connectivity index (χ4n) is 2.47. The number of ether oxygens (including phenoxy) is 1. The number of hydrogen-bond acceptors (Lipinski definition) is 3. The first-order valence-electron chi connectivity index (χ1n) is 6.09. The zero-order valence-corrected chi connectivity index (χ0v) is 10.3. The first-order valence-corrected chi connectivity index (χ1v) is 6.09. The molecule has 2 rings (SSSR count). The number of carboxylic acid groups (broad SMARTS) is 1. The van der Waals surface area contributed by atoms with Gasteiger partial charge in [0.25, 0.3) is 0 Å². The number of rotatable bonds is 3. The molecule has 18 heavy (non-hydrogen) atoms. The van der Waals surface area contributed by atoms with Crippen molar-refractivity contribution in [2.45, 2.75) is 19.8 Å². The van der Waals surface area contributed by atoms with Crippen LogP contribution in [-0.2, 0) is 27.2 Å². The highest BCUT2D eigenvalue weighted by atomic mass is 16.5. The molecule has 96 valence electrons. The Morgan fingerprint density at radius 1 is 1.22 bits per heavy atom. The average Bonchev–Trinajstić information content (AvgIpc) is 2.37. The normalized spacial score (nSPS) is 22.1. The van der Waals surface area contributed by atoms with Crippen LogP contribution in [0.1, 0.15) is 18.1 Å². The SMILES string of the molecule is CCOC(=O)C1Cc2ccccc2CC1C(=O)O. The molecule has 0 fully saturated rings. The van der Waals surface area contributed by atoms with Crippen LogP contribution >= 0.6 is 0 Å². The summed E-state index contributed by atoms with van der Waals surface area (Å²) in [6, 6.07) is 7.66. The summed E-state index contributed by atoms with van der Waals surface area (Å²) in [4.78, 5) is 23.1. The quantitative estimate of drug-likeness (QED) is 0.826. The fourth-order valence-corrected chi connectivity index (χ4v) is 2.47. The summed E-state index contributed by atoms with van der Waals surface area (Å²) < 4.78 is 4.97. The van der Waals surface area contributed by atoms with Gasteiger partial charge in [-0.2, -0.15) is 0 Å². The highest BCUT2D eigenvalue weighted by Gasteiger charge is 2.38. The van der Waals surface area contributed by atoms with Gasteiger partial charge in [0.15, 0.2) is 0 Å². The largest absolute Gasteiger partial charge is 0.481 e. The molecule has 2 unspecified atom stereocenters. The first kappa shape index (κ1) is 12.6. The van der Waals surface area contributed by atoms with Crippen molar-refractivity contribution in [2.75, 3.05) is 6.61 Å². The molecule has 0 aliphatic heterocycles. The van der Waals surface area contributed by atoms with Gasteiger partial charge in [-0.3, -0.25) is 9.59 Å². The van der Waals surface area contributed by atoms with Crippen molar-refractivity contribution in [1.82, 2.24) is 0 Å². The smallest absolute Gasteiger partial charge is 0.310 e. The molecule has 0 aromatic heterocycles. The van der Waals surface area contributed by atoms with Gasteiger partial charge < -0.3 is 9.84 Å². The minimum absolute atomic E-state index is 0.281. The molecule has 2 atom stereocenters. The third kappa shape index (κ3) is 2.37. The fraction of sp³-hybridized carbons (Fsp3) is 0.429. The molecule has 0 spiro atoms. The third-order valence-electron chi connectivity index (χ3n) is 3.39. The molecule has 0 saturated carbocycles. The number of benzene rings is 1. The van der Waals surface area contributed by atoms with E-state index in [1.807, 2.05) is 24.3 Å². The zero-order valence-electron chi connectivity index (χ0n) is 10.3. The number of hydrogen-bond donors (Lipinski definition) is 1. The van der Waals surface area contributed by atoms with Gasteiger partial charge in [-0.05, 0) is 30.9 Å². The molecule has 0 saturated heterocycles.